The fraction of sp³-hybridized carbons (Fsp3) is 0.464. The first-order valence-corrected chi connectivity index (χ1v) is 13.4. The first-order chi connectivity index (χ1) is 19.0. The minimum Gasteiger partial charge on any atom is -0.480 e. The van der Waals surface area contributed by atoms with E-state index < -0.39 is 47.9 Å². The number of carbonyl (C=O) groups excluding carboxylic acids is 3. The maximum Gasteiger partial charge on any atom is 0.326 e. The highest BCUT2D eigenvalue weighted by Gasteiger charge is 2.34. The average Bonchev–Trinajstić information content (AvgIpc) is 3.58. The second-order valence-corrected chi connectivity index (χ2v) is 10.5. The number of carbonyl (C=O) groups is 4. The van der Waals surface area contributed by atoms with Crippen molar-refractivity contribution in [1.82, 2.24) is 30.9 Å². The van der Waals surface area contributed by atoms with Crippen molar-refractivity contribution in [2.75, 3.05) is 0 Å². The van der Waals surface area contributed by atoms with E-state index in [1.165, 1.54) is 6.33 Å². The Balaban J connectivity index is 1.84. The highest BCUT2D eigenvalue weighted by molar-refractivity contribution is 5.95. The van der Waals surface area contributed by atoms with Crippen LogP contribution in [-0.4, -0.2) is 67.9 Å². The van der Waals surface area contributed by atoms with E-state index >= 15 is 0 Å². The SMILES string of the molecule is CCC(C)C(NC(=O)C(Cc1c[nH]c2ccccc12)NC(=O)C(N)Cc1cnc[nH]1)C(=O)NC(C(=O)O)C(C)C. The van der Waals surface area contributed by atoms with E-state index in [0.29, 0.717) is 12.1 Å². The van der Waals surface area contributed by atoms with E-state index in [-0.39, 0.29) is 24.7 Å². The Kier molecular flexibility index (Phi) is 10.4. The van der Waals surface area contributed by atoms with Gasteiger partial charge < -0.3 is 36.8 Å². The molecule has 0 aliphatic carbocycles. The van der Waals surface area contributed by atoms with Crippen molar-refractivity contribution in [1.29, 1.82) is 0 Å². The number of benzene rings is 1. The molecule has 0 aliphatic rings. The van der Waals surface area contributed by atoms with Crippen LogP contribution in [0.1, 0.15) is 45.4 Å². The van der Waals surface area contributed by atoms with Crippen molar-refractivity contribution in [2.45, 2.75) is 71.1 Å². The summed E-state index contributed by atoms with van der Waals surface area (Å²) in [4.78, 5) is 61.7. The molecule has 5 unspecified atom stereocenters. The molecule has 0 radical (unpaired) electrons. The van der Waals surface area contributed by atoms with Crippen LogP contribution in [0.3, 0.4) is 0 Å². The van der Waals surface area contributed by atoms with Gasteiger partial charge in [0.15, 0.2) is 0 Å². The fourth-order valence-corrected chi connectivity index (χ4v) is 4.45. The molecular weight excluding hydrogens is 514 g/mol. The van der Waals surface area contributed by atoms with Crippen LogP contribution >= 0.6 is 0 Å². The molecule has 0 aliphatic heterocycles. The molecule has 2 aromatic heterocycles. The van der Waals surface area contributed by atoms with Gasteiger partial charge in [-0.3, -0.25) is 14.4 Å². The highest BCUT2D eigenvalue weighted by Crippen LogP contribution is 2.20. The summed E-state index contributed by atoms with van der Waals surface area (Å²) in [7, 11) is 0. The van der Waals surface area contributed by atoms with Gasteiger partial charge in [-0.1, -0.05) is 52.3 Å². The van der Waals surface area contributed by atoms with Crippen molar-refractivity contribution in [2.24, 2.45) is 17.6 Å². The summed E-state index contributed by atoms with van der Waals surface area (Å²) in [6.45, 7) is 7.04. The lowest BCUT2D eigenvalue weighted by molar-refractivity contribution is -0.144. The van der Waals surface area contributed by atoms with E-state index in [4.69, 9.17) is 5.73 Å². The third kappa shape index (κ3) is 7.69. The summed E-state index contributed by atoms with van der Waals surface area (Å²) in [5.74, 6) is -3.54. The maximum absolute atomic E-state index is 13.7. The molecule has 0 saturated carbocycles. The van der Waals surface area contributed by atoms with Crippen LogP contribution in [0.25, 0.3) is 10.9 Å². The molecule has 0 saturated heterocycles. The molecule has 0 bridgehead atoms. The topological polar surface area (TPSA) is 195 Å². The number of carboxylic acids is 1. The number of fused-ring (bicyclic) bond motifs is 1. The van der Waals surface area contributed by atoms with Gasteiger partial charge in [-0.05, 0) is 23.5 Å². The Morgan fingerprint density at radius 2 is 1.65 bits per heavy atom. The number of hydrogen-bond donors (Lipinski definition) is 7. The number of aromatic amines is 2. The van der Waals surface area contributed by atoms with Gasteiger partial charge >= 0.3 is 5.97 Å². The zero-order valence-corrected chi connectivity index (χ0v) is 23.2. The molecule has 5 atom stereocenters. The van der Waals surface area contributed by atoms with Gasteiger partial charge in [-0.25, -0.2) is 9.78 Å². The molecular formula is C28H39N7O5. The molecule has 0 spiro atoms. The van der Waals surface area contributed by atoms with Crippen LogP contribution in [0, 0.1) is 11.8 Å². The monoisotopic (exact) mass is 553 g/mol. The lowest BCUT2D eigenvalue weighted by atomic mass is 9.95. The lowest BCUT2D eigenvalue weighted by Gasteiger charge is -2.28. The van der Waals surface area contributed by atoms with Crippen molar-refractivity contribution in [3.05, 3.63) is 54.2 Å². The van der Waals surface area contributed by atoms with Crippen LogP contribution in [0.4, 0.5) is 0 Å². The van der Waals surface area contributed by atoms with Crippen LogP contribution in [0.5, 0.6) is 0 Å². The Bertz CT molecular complexity index is 1300. The maximum atomic E-state index is 13.7. The average molecular weight is 554 g/mol. The summed E-state index contributed by atoms with van der Waals surface area (Å²) < 4.78 is 0. The van der Waals surface area contributed by atoms with Gasteiger partial charge in [0, 0.05) is 41.8 Å². The summed E-state index contributed by atoms with van der Waals surface area (Å²) in [6.07, 6.45) is 5.71. The zero-order valence-electron chi connectivity index (χ0n) is 23.2. The van der Waals surface area contributed by atoms with E-state index in [1.807, 2.05) is 31.2 Å². The number of nitrogens with two attached hydrogens (primary N) is 1. The van der Waals surface area contributed by atoms with Crippen LogP contribution < -0.4 is 21.7 Å². The molecule has 0 fully saturated rings. The van der Waals surface area contributed by atoms with Crippen LogP contribution in [0.2, 0.25) is 0 Å². The van der Waals surface area contributed by atoms with Crippen molar-refractivity contribution < 1.29 is 24.3 Å². The molecule has 3 aromatic rings. The third-order valence-electron chi connectivity index (χ3n) is 7.09. The van der Waals surface area contributed by atoms with Crippen molar-refractivity contribution in [3.63, 3.8) is 0 Å². The minimum absolute atomic E-state index is 0.136. The normalized spacial score (nSPS) is 15.2. The first-order valence-electron chi connectivity index (χ1n) is 13.4. The second-order valence-electron chi connectivity index (χ2n) is 10.5. The number of imidazole rings is 1. The molecule has 40 heavy (non-hydrogen) atoms. The van der Waals surface area contributed by atoms with E-state index in [9.17, 15) is 24.3 Å². The van der Waals surface area contributed by atoms with E-state index in [0.717, 1.165) is 16.5 Å². The number of carboxylic acid groups (broad SMARTS) is 1. The van der Waals surface area contributed by atoms with E-state index in [1.54, 1.807) is 33.2 Å². The Labute approximate surface area is 232 Å². The predicted molar refractivity (Wildman–Crippen MR) is 150 cm³/mol. The Morgan fingerprint density at radius 3 is 2.27 bits per heavy atom. The first kappa shape index (κ1) is 30.4. The predicted octanol–water partition coefficient (Wildman–Crippen LogP) is 1.24. The number of rotatable bonds is 14. The lowest BCUT2D eigenvalue weighted by Crippen LogP contribution is -2.59. The van der Waals surface area contributed by atoms with Gasteiger partial charge in [-0.15, -0.1) is 0 Å². The largest absolute Gasteiger partial charge is 0.480 e. The third-order valence-corrected chi connectivity index (χ3v) is 7.09. The van der Waals surface area contributed by atoms with Gasteiger partial charge in [0.2, 0.25) is 17.7 Å². The molecule has 12 nitrogen and oxygen atoms in total. The summed E-state index contributed by atoms with van der Waals surface area (Å²) in [6, 6.07) is 3.45. The molecule has 12 heteroatoms. The number of aromatic nitrogens is 3. The second kappa shape index (κ2) is 13.7. The minimum atomic E-state index is -1.16. The number of aliphatic carboxylic acids is 1. The van der Waals surface area contributed by atoms with Crippen LogP contribution in [-0.2, 0) is 32.0 Å². The number of H-pyrrole nitrogens is 2. The van der Waals surface area contributed by atoms with Gasteiger partial charge in [0.05, 0.1) is 12.4 Å². The van der Waals surface area contributed by atoms with Crippen LogP contribution in [0.15, 0.2) is 43.0 Å². The molecule has 2 heterocycles. The van der Waals surface area contributed by atoms with Gasteiger partial charge in [-0.2, -0.15) is 0 Å². The number of nitrogens with zero attached hydrogens (tertiary/aromatic N) is 1. The van der Waals surface area contributed by atoms with E-state index in [2.05, 4.69) is 30.9 Å². The standard InChI is InChI=1S/C28H39N7O5/c1-5-16(4)24(27(38)34-23(15(2)3)28(39)40)35-26(37)22(10-17-12-31-21-9-7-6-8-19(17)21)33-25(36)20(29)11-18-13-30-14-32-18/h6-9,12-16,20,22-24,31H,5,10-11,29H2,1-4H3,(H,30,32)(H,33,36)(H,34,38)(H,35,37)(H,39,40). The molecule has 1 aromatic carbocycles. The molecule has 3 rings (SSSR count). The smallest absolute Gasteiger partial charge is 0.326 e. The number of nitrogens with one attached hydrogen (secondary N) is 5. The summed E-state index contributed by atoms with van der Waals surface area (Å²) in [5, 5.41) is 18.5. The number of hydrogen-bond acceptors (Lipinski definition) is 6. The Morgan fingerprint density at radius 1 is 0.950 bits per heavy atom. The fourth-order valence-electron chi connectivity index (χ4n) is 4.45. The van der Waals surface area contributed by atoms with Crippen molar-refractivity contribution >= 4 is 34.6 Å². The zero-order chi connectivity index (χ0) is 29.4. The summed E-state index contributed by atoms with van der Waals surface area (Å²) in [5.41, 5.74) is 8.49. The molecule has 216 valence electrons. The summed E-state index contributed by atoms with van der Waals surface area (Å²) >= 11 is 0. The number of amides is 3. The highest BCUT2D eigenvalue weighted by atomic mass is 16.4. The molecule has 3 amide bonds. The Hall–Kier alpha value is -4.19. The quantitative estimate of drug-likeness (QED) is 0.156. The van der Waals surface area contributed by atoms with Crippen molar-refractivity contribution in [3.8, 4) is 0 Å². The van der Waals surface area contributed by atoms with Gasteiger partial charge in [0.1, 0.15) is 18.1 Å². The number of para-hydroxylation sites is 1. The van der Waals surface area contributed by atoms with Gasteiger partial charge in [0.25, 0.3) is 0 Å². The molecule has 8 N–H and O–H groups in total.